The topological polar surface area (TPSA) is 21.6 Å². The van der Waals surface area contributed by atoms with Crippen LogP contribution < -0.4 is 0 Å². The average Bonchev–Trinajstić information content (AvgIpc) is 2.72. The molecule has 1 saturated heterocycles. The first-order valence-corrected chi connectivity index (χ1v) is 7.73. The van der Waals surface area contributed by atoms with Crippen LogP contribution in [0.5, 0.6) is 0 Å². The molecular weight excluding hydrogens is 265 g/mol. The predicted octanol–water partition coefficient (Wildman–Crippen LogP) is 3.14. The van der Waals surface area contributed by atoms with Crippen molar-refractivity contribution in [2.45, 2.75) is 36.6 Å². The maximum absolute atomic E-state index is 5.95. The van der Waals surface area contributed by atoms with Crippen LogP contribution in [0, 0.1) is 0 Å². The van der Waals surface area contributed by atoms with Crippen LogP contribution >= 0.6 is 0 Å². The second kappa shape index (κ2) is 4.60. The number of nitrogens with zero attached hydrogens (tertiary/aromatic N) is 1. The number of para-hydroxylation sites is 1. The zero-order valence-electron chi connectivity index (χ0n) is 9.13. The van der Waals surface area contributed by atoms with Gasteiger partial charge in [-0.15, -0.1) is 0 Å². The van der Waals surface area contributed by atoms with E-state index >= 15 is 0 Å². The van der Waals surface area contributed by atoms with E-state index in [-0.39, 0.29) is 0 Å². The van der Waals surface area contributed by atoms with Gasteiger partial charge in [0.2, 0.25) is 0 Å². The monoisotopic (exact) mass is 281 g/mol. The number of hydrogen-bond donors (Lipinski definition) is 0. The molecule has 16 heavy (non-hydrogen) atoms. The summed E-state index contributed by atoms with van der Waals surface area (Å²) in [4.78, 5) is 6.41. The van der Waals surface area contributed by atoms with E-state index in [1.165, 1.54) is 25.7 Å². The molecule has 3 heteroatoms. The van der Waals surface area contributed by atoms with Crippen LogP contribution in [-0.4, -0.2) is 25.9 Å². The van der Waals surface area contributed by atoms with Gasteiger partial charge >= 0.3 is 102 Å². The third-order valence-electron chi connectivity index (χ3n) is 3.12. The molecule has 0 aromatic heterocycles. The van der Waals surface area contributed by atoms with Crippen LogP contribution in [0.25, 0.3) is 0 Å². The standard InChI is InChI=1S/C13H15NOSe/c1-2-6-10(7-3-1)14-13-15-11-8-4-5-9-12(11)16-13/h1-3,6-7,11-12H,4-5,8-9H2/t11-,12-/m1/s1. The number of rotatable bonds is 1. The molecule has 0 unspecified atom stereocenters. The molecule has 1 aliphatic heterocycles. The first kappa shape index (κ1) is 10.4. The van der Waals surface area contributed by atoms with Crippen molar-refractivity contribution in [3.8, 4) is 0 Å². The van der Waals surface area contributed by atoms with Crippen molar-refractivity contribution in [3.63, 3.8) is 0 Å². The molecule has 2 atom stereocenters. The Kier molecular flexibility index (Phi) is 2.98. The molecule has 1 heterocycles. The van der Waals surface area contributed by atoms with E-state index in [9.17, 15) is 0 Å². The summed E-state index contributed by atoms with van der Waals surface area (Å²) in [7, 11) is 0. The summed E-state index contributed by atoms with van der Waals surface area (Å²) in [6.45, 7) is 0. The van der Waals surface area contributed by atoms with Gasteiger partial charge in [-0.2, -0.15) is 0 Å². The second-order valence-electron chi connectivity index (χ2n) is 4.31. The van der Waals surface area contributed by atoms with Crippen molar-refractivity contribution in [2.75, 3.05) is 0 Å². The van der Waals surface area contributed by atoms with E-state index < -0.39 is 0 Å². The van der Waals surface area contributed by atoms with E-state index in [2.05, 4.69) is 4.99 Å². The summed E-state index contributed by atoms with van der Waals surface area (Å²) in [6, 6.07) is 10.1. The second-order valence-corrected chi connectivity index (χ2v) is 6.81. The minimum absolute atomic E-state index is 0.459. The van der Waals surface area contributed by atoms with Gasteiger partial charge < -0.3 is 0 Å². The zero-order valence-corrected chi connectivity index (χ0v) is 10.8. The quantitative estimate of drug-likeness (QED) is 0.724. The van der Waals surface area contributed by atoms with Crippen molar-refractivity contribution in [3.05, 3.63) is 30.3 Å². The van der Waals surface area contributed by atoms with Gasteiger partial charge in [0.05, 0.1) is 0 Å². The Balaban J connectivity index is 1.75. The van der Waals surface area contributed by atoms with Gasteiger partial charge in [-0.3, -0.25) is 0 Å². The molecule has 1 aromatic rings. The fraction of sp³-hybridized carbons (Fsp3) is 0.462. The normalized spacial score (nSPS) is 31.1. The molecule has 1 aromatic carbocycles. The third-order valence-corrected chi connectivity index (χ3v) is 5.71. The Hall–Kier alpha value is -0.791. The predicted molar refractivity (Wildman–Crippen MR) is 66.4 cm³/mol. The van der Waals surface area contributed by atoms with E-state index in [0.717, 1.165) is 15.3 Å². The Morgan fingerprint density at radius 2 is 1.94 bits per heavy atom. The summed E-state index contributed by atoms with van der Waals surface area (Å²) in [6.07, 6.45) is 5.77. The van der Waals surface area contributed by atoms with Gasteiger partial charge in [0.15, 0.2) is 0 Å². The van der Waals surface area contributed by atoms with Crippen LogP contribution in [0.15, 0.2) is 35.3 Å². The van der Waals surface area contributed by atoms with Crippen molar-refractivity contribution < 1.29 is 4.74 Å². The number of hydrogen-bond acceptors (Lipinski definition) is 2. The fourth-order valence-corrected chi connectivity index (χ4v) is 4.85. The molecule has 0 radical (unpaired) electrons. The molecule has 2 nitrogen and oxygen atoms in total. The Labute approximate surface area is 102 Å². The zero-order chi connectivity index (χ0) is 10.8. The molecule has 0 bridgehead atoms. The molecule has 1 saturated carbocycles. The number of aliphatic imine (C=N–C) groups is 1. The van der Waals surface area contributed by atoms with Crippen molar-refractivity contribution >= 4 is 25.4 Å². The SMILES string of the molecule is c1ccc(N=C2O[C@@H]3CCCC[C@H]3[Se]2)cc1. The summed E-state index contributed by atoms with van der Waals surface area (Å²) in [5.41, 5.74) is 1.03. The van der Waals surface area contributed by atoms with Gasteiger partial charge in [0.25, 0.3) is 0 Å². The minimum atomic E-state index is 0.459. The van der Waals surface area contributed by atoms with E-state index in [0.29, 0.717) is 21.1 Å². The van der Waals surface area contributed by atoms with Gasteiger partial charge in [0, 0.05) is 0 Å². The van der Waals surface area contributed by atoms with E-state index in [1.54, 1.807) is 0 Å². The molecule has 0 amide bonds. The third kappa shape index (κ3) is 2.16. The molecule has 84 valence electrons. The van der Waals surface area contributed by atoms with Gasteiger partial charge in [0.1, 0.15) is 0 Å². The summed E-state index contributed by atoms with van der Waals surface area (Å²) < 4.78 is 5.95. The number of fused-ring (bicyclic) bond motifs is 1. The van der Waals surface area contributed by atoms with Crippen LogP contribution in [0.4, 0.5) is 5.69 Å². The van der Waals surface area contributed by atoms with Crippen molar-refractivity contribution in [1.82, 2.24) is 0 Å². The summed E-state index contributed by atoms with van der Waals surface area (Å²) in [5, 5.41) is 0. The molecule has 2 fully saturated rings. The van der Waals surface area contributed by atoms with Crippen LogP contribution in [0.2, 0.25) is 4.82 Å². The fourth-order valence-electron chi connectivity index (χ4n) is 2.28. The number of benzene rings is 1. The van der Waals surface area contributed by atoms with Crippen molar-refractivity contribution in [1.29, 1.82) is 0 Å². The molecule has 1 aliphatic carbocycles. The van der Waals surface area contributed by atoms with Gasteiger partial charge in [-0.1, -0.05) is 0 Å². The average molecular weight is 280 g/mol. The Bertz CT molecular complexity index is 374. The summed E-state index contributed by atoms with van der Waals surface area (Å²) in [5.74, 6) is 0. The molecule has 0 spiro atoms. The Morgan fingerprint density at radius 1 is 1.12 bits per heavy atom. The van der Waals surface area contributed by atoms with E-state index in [1.807, 2.05) is 30.3 Å². The van der Waals surface area contributed by atoms with Crippen molar-refractivity contribution in [2.24, 2.45) is 4.99 Å². The first-order chi connectivity index (χ1) is 7.92. The molecule has 3 rings (SSSR count). The Morgan fingerprint density at radius 3 is 2.75 bits per heavy atom. The van der Waals surface area contributed by atoms with Crippen LogP contribution in [-0.2, 0) is 4.74 Å². The maximum atomic E-state index is 5.95. The number of ether oxygens (including phenoxy) is 1. The summed E-state index contributed by atoms with van der Waals surface area (Å²) >= 11 is 0.459. The van der Waals surface area contributed by atoms with Gasteiger partial charge in [-0.25, -0.2) is 0 Å². The molecular formula is C13H15NOSe. The van der Waals surface area contributed by atoms with Gasteiger partial charge in [-0.05, 0) is 0 Å². The van der Waals surface area contributed by atoms with Crippen LogP contribution in [0.1, 0.15) is 25.7 Å². The first-order valence-electron chi connectivity index (χ1n) is 5.89. The van der Waals surface area contributed by atoms with Crippen LogP contribution in [0.3, 0.4) is 0 Å². The molecule has 0 N–H and O–H groups in total. The molecule has 2 aliphatic rings. The van der Waals surface area contributed by atoms with E-state index in [4.69, 9.17) is 4.74 Å².